The molecule has 1 unspecified atom stereocenters. The van der Waals surface area contributed by atoms with Gasteiger partial charge in [0, 0.05) is 6.92 Å². The largest absolute Gasteiger partial charge is 1.00 e. The van der Waals surface area contributed by atoms with Crippen LogP contribution in [0.15, 0.2) is 0 Å². The zero-order chi connectivity index (χ0) is 7.11. The van der Waals surface area contributed by atoms with Gasteiger partial charge >= 0.3 is 0 Å². The third-order valence-electron chi connectivity index (χ3n) is 1.15. The molecule has 0 amide bonds. The fourth-order valence-corrected chi connectivity index (χ4v) is 0.637. The van der Waals surface area contributed by atoms with Crippen LogP contribution in [0.5, 0.6) is 0 Å². The molecule has 0 aromatic rings. The molecule has 3 N–H and O–H groups in total. The molecule has 0 rings (SSSR count). The van der Waals surface area contributed by atoms with Crippen molar-refractivity contribution in [1.29, 1.82) is 0 Å². The fourth-order valence-electron chi connectivity index (χ4n) is 0.637. The Labute approximate surface area is 69.5 Å². The molecule has 0 aromatic carbocycles. The Morgan fingerprint density at radius 1 is 1.40 bits per heavy atom. The SMILES string of the molecule is CCCCCOC(C)[NH3+].[Cl-]. The number of unbranched alkanes of at least 4 members (excludes halogenated alkanes) is 2. The Hall–Kier alpha value is 0.210. The van der Waals surface area contributed by atoms with E-state index in [1.807, 2.05) is 6.92 Å². The normalized spacial score (nSPS) is 12.3. The molecule has 0 heterocycles. The second kappa shape index (κ2) is 9.21. The molecule has 0 spiro atoms. The molecule has 0 bridgehead atoms. The zero-order valence-electron chi connectivity index (χ0n) is 6.90. The lowest BCUT2D eigenvalue weighted by atomic mass is 10.3. The lowest BCUT2D eigenvalue weighted by molar-refractivity contribution is -0.484. The first-order valence-electron chi connectivity index (χ1n) is 3.72. The zero-order valence-corrected chi connectivity index (χ0v) is 7.66. The summed E-state index contributed by atoms with van der Waals surface area (Å²) in [5.41, 5.74) is 3.71. The van der Waals surface area contributed by atoms with Crippen molar-refractivity contribution in [2.75, 3.05) is 6.61 Å². The average molecular weight is 168 g/mol. The van der Waals surface area contributed by atoms with Crippen LogP contribution in [0, 0.1) is 0 Å². The van der Waals surface area contributed by atoms with Gasteiger partial charge in [0.05, 0.1) is 6.61 Å². The first-order chi connectivity index (χ1) is 4.27. The van der Waals surface area contributed by atoms with E-state index in [0.29, 0.717) is 0 Å². The molecule has 0 fully saturated rings. The molecule has 0 saturated heterocycles. The van der Waals surface area contributed by atoms with Gasteiger partial charge in [-0.25, -0.2) is 0 Å². The molecule has 0 aromatic heterocycles. The van der Waals surface area contributed by atoms with Crippen molar-refractivity contribution >= 4 is 0 Å². The summed E-state index contributed by atoms with van der Waals surface area (Å²) >= 11 is 0. The van der Waals surface area contributed by atoms with Gasteiger partial charge in [0.15, 0.2) is 6.23 Å². The number of quaternary nitrogens is 1. The molecule has 0 radical (unpaired) electrons. The van der Waals surface area contributed by atoms with E-state index < -0.39 is 0 Å². The maximum Gasteiger partial charge on any atom is 0.185 e. The summed E-state index contributed by atoms with van der Waals surface area (Å²) in [7, 11) is 0. The molecule has 0 aliphatic heterocycles. The van der Waals surface area contributed by atoms with Crippen LogP contribution in [0.3, 0.4) is 0 Å². The Bertz CT molecular complexity index is 59.6. The number of hydrogen-bond donors (Lipinski definition) is 1. The highest BCUT2D eigenvalue weighted by Crippen LogP contribution is 1.93. The van der Waals surface area contributed by atoms with Gasteiger partial charge in [-0.05, 0) is 6.42 Å². The Morgan fingerprint density at radius 3 is 2.40 bits per heavy atom. The first-order valence-corrected chi connectivity index (χ1v) is 3.72. The van der Waals surface area contributed by atoms with Crippen LogP contribution < -0.4 is 18.1 Å². The summed E-state index contributed by atoms with van der Waals surface area (Å²) in [4.78, 5) is 0. The maximum atomic E-state index is 5.23. The second-order valence-corrected chi connectivity index (χ2v) is 2.39. The van der Waals surface area contributed by atoms with Crippen LogP contribution in [0.2, 0.25) is 0 Å². The van der Waals surface area contributed by atoms with Crippen molar-refractivity contribution in [2.45, 2.75) is 39.3 Å². The van der Waals surface area contributed by atoms with Gasteiger partial charge in [0.2, 0.25) is 0 Å². The van der Waals surface area contributed by atoms with Gasteiger partial charge < -0.3 is 22.9 Å². The second-order valence-electron chi connectivity index (χ2n) is 2.39. The predicted octanol–water partition coefficient (Wildman–Crippen LogP) is -2.21. The Kier molecular flexibility index (Phi) is 11.8. The number of hydrogen-bond acceptors (Lipinski definition) is 1. The summed E-state index contributed by atoms with van der Waals surface area (Å²) in [5.74, 6) is 0. The van der Waals surface area contributed by atoms with E-state index in [4.69, 9.17) is 4.74 Å². The monoisotopic (exact) mass is 167 g/mol. The summed E-state index contributed by atoms with van der Waals surface area (Å²) in [6, 6.07) is 0. The van der Waals surface area contributed by atoms with Crippen LogP contribution in [0.25, 0.3) is 0 Å². The minimum Gasteiger partial charge on any atom is -1.00 e. The van der Waals surface area contributed by atoms with E-state index in [1.54, 1.807) is 0 Å². The fraction of sp³-hybridized carbons (Fsp3) is 1.00. The van der Waals surface area contributed by atoms with Crippen molar-refractivity contribution in [3.05, 3.63) is 0 Å². The van der Waals surface area contributed by atoms with Crippen molar-refractivity contribution in [2.24, 2.45) is 0 Å². The van der Waals surface area contributed by atoms with E-state index in [0.717, 1.165) is 6.61 Å². The highest BCUT2D eigenvalue weighted by atomic mass is 35.5. The first kappa shape index (κ1) is 12.8. The molecule has 64 valence electrons. The summed E-state index contributed by atoms with van der Waals surface area (Å²) in [6.07, 6.45) is 3.86. The molecule has 1 atom stereocenters. The van der Waals surface area contributed by atoms with Crippen LogP contribution in [-0.2, 0) is 4.74 Å². The van der Waals surface area contributed by atoms with Gasteiger partial charge in [0.25, 0.3) is 0 Å². The standard InChI is InChI=1S/C7H17NO.ClH/c1-3-4-5-6-9-7(2)8;/h7H,3-6,8H2,1-2H3;1H. The highest BCUT2D eigenvalue weighted by molar-refractivity contribution is 4.35. The number of halogens is 1. The molecule has 0 aliphatic carbocycles. The van der Waals surface area contributed by atoms with Gasteiger partial charge in [-0.2, -0.15) is 0 Å². The topological polar surface area (TPSA) is 36.9 Å². The molecular formula is C7H18ClNO. The third kappa shape index (κ3) is 11.1. The quantitative estimate of drug-likeness (QED) is 0.366. The van der Waals surface area contributed by atoms with Crippen LogP contribution >= 0.6 is 0 Å². The maximum absolute atomic E-state index is 5.23. The summed E-state index contributed by atoms with van der Waals surface area (Å²) < 4.78 is 5.23. The van der Waals surface area contributed by atoms with E-state index in [2.05, 4.69) is 12.7 Å². The van der Waals surface area contributed by atoms with E-state index in [-0.39, 0.29) is 18.6 Å². The molecule has 3 heteroatoms. The van der Waals surface area contributed by atoms with Gasteiger partial charge in [0.1, 0.15) is 0 Å². The van der Waals surface area contributed by atoms with Crippen molar-refractivity contribution in [1.82, 2.24) is 0 Å². The predicted molar refractivity (Wildman–Crippen MR) is 37.8 cm³/mol. The lowest BCUT2D eigenvalue weighted by Gasteiger charge is -2.02. The van der Waals surface area contributed by atoms with Gasteiger partial charge in [-0.1, -0.05) is 19.8 Å². The van der Waals surface area contributed by atoms with Crippen LogP contribution in [0.4, 0.5) is 0 Å². The van der Waals surface area contributed by atoms with Crippen LogP contribution in [0.1, 0.15) is 33.1 Å². The molecule has 0 saturated carbocycles. The van der Waals surface area contributed by atoms with Crippen molar-refractivity contribution < 1.29 is 22.9 Å². The average Bonchev–Trinajstić information content (AvgIpc) is 1.80. The smallest absolute Gasteiger partial charge is 0.185 e. The minimum absolute atomic E-state index is 0. The van der Waals surface area contributed by atoms with Crippen LogP contribution in [-0.4, -0.2) is 12.8 Å². The van der Waals surface area contributed by atoms with E-state index >= 15 is 0 Å². The van der Waals surface area contributed by atoms with Gasteiger partial charge in [-0.3, -0.25) is 0 Å². The molecule has 0 aliphatic rings. The number of ether oxygens (including phenoxy) is 1. The van der Waals surface area contributed by atoms with E-state index in [9.17, 15) is 0 Å². The summed E-state index contributed by atoms with van der Waals surface area (Å²) in [5, 5.41) is 0. The minimum atomic E-state index is 0. The lowest BCUT2D eigenvalue weighted by Crippen LogP contribution is -3.00. The molecular weight excluding hydrogens is 150 g/mol. The van der Waals surface area contributed by atoms with E-state index in [1.165, 1.54) is 19.3 Å². The molecule has 2 nitrogen and oxygen atoms in total. The number of rotatable bonds is 5. The summed E-state index contributed by atoms with van der Waals surface area (Å²) in [6.45, 7) is 5.03. The Morgan fingerprint density at radius 2 is 2.00 bits per heavy atom. The van der Waals surface area contributed by atoms with Crippen molar-refractivity contribution in [3.63, 3.8) is 0 Å². The van der Waals surface area contributed by atoms with Crippen molar-refractivity contribution in [3.8, 4) is 0 Å². The molecule has 10 heavy (non-hydrogen) atoms. The highest BCUT2D eigenvalue weighted by Gasteiger charge is 1.93. The Balaban J connectivity index is 0. The van der Waals surface area contributed by atoms with Gasteiger partial charge in [-0.15, -0.1) is 0 Å². The third-order valence-corrected chi connectivity index (χ3v) is 1.15.